The minimum atomic E-state index is 0.431. The highest BCUT2D eigenvalue weighted by molar-refractivity contribution is 5.52. The Labute approximate surface area is 102 Å². The Kier molecular flexibility index (Phi) is 8.37. The van der Waals surface area contributed by atoms with Gasteiger partial charge in [0, 0.05) is 6.20 Å². The predicted octanol–water partition coefficient (Wildman–Crippen LogP) is 2.85. The molecule has 17 heavy (non-hydrogen) atoms. The molecule has 0 aromatic carbocycles. The molecule has 0 saturated heterocycles. The third kappa shape index (κ3) is 5.15. The van der Waals surface area contributed by atoms with E-state index in [2.05, 4.69) is 22.8 Å². The van der Waals surface area contributed by atoms with Crippen LogP contribution in [-0.2, 0) is 9.53 Å². The molecule has 0 fully saturated rings. The summed E-state index contributed by atoms with van der Waals surface area (Å²) in [6.45, 7) is 8.72. The lowest BCUT2D eigenvalue weighted by Crippen LogP contribution is -1.82. The molecule has 0 atom stereocenters. The Morgan fingerprint density at radius 3 is 2.59 bits per heavy atom. The molecule has 0 amide bonds. The van der Waals surface area contributed by atoms with Crippen molar-refractivity contribution in [1.82, 2.24) is 9.61 Å². The highest BCUT2D eigenvalue weighted by atomic mass is 16.5. The predicted molar refractivity (Wildman–Crippen MR) is 69.0 cm³/mol. The summed E-state index contributed by atoms with van der Waals surface area (Å²) in [6.07, 6.45) is 3.82. The third-order valence-corrected chi connectivity index (χ3v) is 1.85. The van der Waals surface area contributed by atoms with Crippen LogP contribution in [0.1, 0.15) is 26.3 Å². The van der Waals surface area contributed by atoms with Gasteiger partial charge in [-0.1, -0.05) is 19.9 Å². The summed E-state index contributed by atoms with van der Waals surface area (Å²) in [5, 5.41) is 4.13. The second-order valence-electron chi connectivity index (χ2n) is 2.91. The van der Waals surface area contributed by atoms with Crippen LogP contribution in [0.2, 0.25) is 0 Å². The average molecular weight is 236 g/mol. The number of aromatic nitrogens is 2. The zero-order valence-corrected chi connectivity index (χ0v) is 10.9. The Bertz CT molecular complexity index is 424. The second kappa shape index (κ2) is 9.39. The van der Waals surface area contributed by atoms with Gasteiger partial charge < -0.3 is 4.74 Å². The summed E-state index contributed by atoms with van der Waals surface area (Å²) in [5.41, 5.74) is 2.41. The van der Waals surface area contributed by atoms with Crippen LogP contribution >= 0.6 is 0 Å². The molecule has 0 N–H and O–H groups in total. The van der Waals surface area contributed by atoms with Crippen LogP contribution in [0.5, 0.6) is 0 Å². The van der Waals surface area contributed by atoms with Crippen molar-refractivity contribution < 1.29 is 9.53 Å². The number of ether oxygens (including phenoxy) is 1. The van der Waals surface area contributed by atoms with Crippen molar-refractivity contribution in [2.24, 2.45) is 0 Å². The molecule has 94 valence electrons. The molecule has 0 unspecified atom stereocenters. The quantitative estimate of drug-likeness (QED) is 0.753. The van der Waals surface area contributed by atoms with Gasteiger partial charge in [0.1, 0.15) is 0 Å². The van der Waals surface area contributed by atoms with Crippen molar-refractivity contribution in [2.75, 3.05) is 6.61 Å². The third-order valence-electron chi connectivity index (χ3n) is 1.85. The van der Waals surface area contributed by atoms with Crippen LogP contribution in [0.15, 0.2) is 30.6 Å². The average Bonchev–Trinajstić information content (AvgIpc) is 2.76. The molecule has 2 aromatic heterocycles. The molecule has 0 spiro atoms. The Morgan fingerprint density at radius 1 is 1.41 bits per heavy atom. The van der Waals surface area contributed by atoms with E-state index < -0.39 is 0 Å². The molecule has 2 heterocycles. The van der Waals surface area contributed by atoms with E-state index in [0.717, 1.165) is 0 Å². The smallest absolute Gasteiger partial charge is 0.293 e. The first kappa shape index (κ1) is 15.2. The SMILES string of the molecule is CC.CCOC=O.Cc1cnn2ccccc12. The van der Waals surface area contributed by atoms with Crippen molar-refractivity contribution in [1.29, 1.82) is 0 Å². The summed E-state index contributed by atoms with van der Waals surface area (Å²) in [5.74, 6) is 0. The molecule has 0 aliphatic heterocycles. The number of fused-ring (bicyclic) bond motifs is 1. The number of aryl methyl sites for hydroxylation is 1. The maximum Gasteiger partial charge on any atom is 0.293 e. The van der Waals surface area contributed by atoms with Gasteiger partial charge in [0.2, 0.25) is 0 Å². The van der Waals surface area contributed by atoms with Crippen molar-refractivity contribution in [3.63, 3.8) is 0 Å². The van der Waals surface area contributed by atoms with Gasteiger partial charge in [-0.25, -0.2) is 4.52 Å². The number of carbonyl (C=O) groups excluding carboxylic acids is 1. The van der Waals surface area contributed by atoms with Crippen molar-refractivity contribution in [2.45, 2.75) is 27.7 Å². The van der Waals surface area contributed by atoms with E-state index in [-0.39, 0.29) is 0 Å². The van der Waals surface area contributed by atoms with Crippen LogP contribution in [-0.4, -0.2) is 22.7 Å². The lowest BCUT2D eigenvalue weighted by atomic mass is 10.3. The summed E-state index contributed by atoms with van der Waals surface area (Å²) in [6, 6.07) is 6.05. The van der Waals surface area contributed by atoms with Crippen molar-refractivity contribution in [3.05, 3.63) is 36.2 Å². The first-order valence-corrected chi connectivity index (χ1v) is 5.73. The molecular weight excluding hydrogens is 216 g/mol. The maximum absolute atomic E-state index is 9.18. The maximum atomic E-state index is 9.18. The monoisotopic (exact) mass is 236 g/mol. The van der Waals surface area contributed by atoms with E-state index in [1.54, 1.807) is 6.92 Å². The minimum Gasteiger partial charge on any atom is -0.468 e. The summed E-state index contributed by atoms with van der Waals surface area (Å²) >= 11 is 0. The van der Waals surface area contributed by atoms with Gasteiger partial charge in [0.15, 0.2) is 0 Å². The van der Waals surface area contributed by atoms with E-state index in [4.69, 9.17) is 0 Å². The van der Waals surface area contributed by atoms with E-state index >= 15 is 0 Å². The topological polar surface area (TPSA) is 43.6 Å². The van der Waals surface area contributed by atoms with Crippen LogP contribution < -0.4 is 0 Å². The second-order valence-corrected chi connectivity index (χ2v) is 2.91. The van der Waals surface area contributed by atoms with Gasteiger partial charge in [-0.2, -0.15) is 5.10 Å². The molecule has 0 saturated carbocycles. The summed E-state index contributed by atoms with van der Waals surface area (Å²) < 4.78 is 6.02. The number of nitrogens with zero attached hydrogens (tertiary/aromatic N) is 2. The molecule has 4 heteroatoms. The lowest BCUT2D eigenvalue weighted by molar-refractivity contribution is -0.128. The molecule has 4 nitrogen and oxygen atoms in total. The fourth-order valence-electron chi connectivity index (χ4n) is 1.13. The first-order chi connectivity index (χ1) is 8.29. The number of pyridine rings is 1. The molecule has 2 aromatic rings. The number of rotatable bonds is 2. The van der Waals surface area contributed by atoms with Gasteiger partial charge in [0.25, 0.3) is 6.47 Å². The zero-order valence-electron chi connectivity index (χ0n) is 10.9. The van der Waals surface area contributed by atoms with Crippen LogP contribution in [0.3, 0.4) is 0 Å². The van der Waals surface area contributed by atoms with E-state index in [0.29, 0.717) is 13.1 Å². The van der Waals surface area contributed by atoms with Crippen molar-refractivity contribution in [3.8, 4) is 0 Å². The highest BCUT2D eigenvalue weighted by Gasteiger charge is 1.94. The minimum absolute atomic E-state index is 0.431. The Balaban J connectivity index is 0.000000315. The molecule has 2 rings (SSSR count). The summed E-state index contributed by atoms with van der Waals surface area (Å²) in [4.78, 5) is 9.18. The number of hydrogen-bond donors (Lipinski definition) is 0. The van der Waals surface area contributed by atoms with E-state index in [1.807, 2.05) is 42.9 Å². The highest BCUT2D eigenvalue weighted by Crippen LogP contribution is 2.06. The normalized spacial score (nSPS) is 8.47. The van der Waals surface area contributed by atoms with E-state index in [1.165, 1.54) is 11.1 Å². The Morgan fingerprint density at radius 2 is 2.12 bits per heavy atom. The van der Waals surface area contributed by atoms with Crippen molar-refractivity contribution >= 4 is 12.0 Å². The molecular formula is C13H20N2O2. The standard InChI is InChI=1S/C8H8N2.C3H6O2.C2H6/c1-7-6-9-10-5-3-2-4-8(7)10;1-2-5-3-4;1-2/h2-6H,1H3;3H,2H2,1H3;1-2H3. The fourth-order valence-corrected chi connectivity index (χ4v) is 1.13. The largest absolute Gasteiger partial charge is 0.468 e. The number of hydrogen-bond acceptors (Lipinski definition) is 3. The van der Waals surface area contributed by atoms with Gasteiger partial charge in [0.05, 0.1) is 18.3 Å². The zero-order chi connectivity index (χ0) is 13.1. The van der Waals surface area contributed by atoms with Crippen LogP contribution in [0, 0.1) is 6.92 Å². The number of carbonyl (C=O) groups is 1. The molecule has 0 bridgehead atoms. The van der Waals surface area contributed by atoms with Gasteiger partial charge in [-0.3, -0.25) is 4.79 Å². The van der Waals surface area contributed by atoms with Gasteiger partial charge >= 0.3 is 0 Å². The lowest BCUT2D eigenvalue weighted by Gasteiger charge is -1.89. The van der Waals surface area contributed by atoms with Crippen LogP contribution in [0.4, 0.5) is 0 Å². The molecule has 0 radical (unpaired) electrons. The Hall–Kier alpha value is -1.84. The van der Waals surface area contributed by atoms with E-state index in [9.17, 15) is 4.79 Å². The fraction of sp³-hybridized carbons (Fsp3) is 0.385. The summed E-state index contributed by atoms with van der Waals surface area (Å²) in [7, 11) is 0. The molecule has 0 aliphatic rings. The first-order valence-electron chi connectivity index (χ1n) is 5.73. The van der Waals surface area contributed by atoms with Gasteiger partial charge in [-0.05, 0) is 31.5 Å². The van der Waals surface area contributed by atoms with Crippen LogP contribution in [0.25, 0.3) is 5.52 Å². The molecule has 0 aliphatic carbocycles. The van der Waals surface area contributed by atoms with Gasteiger partial charge in [-0.15, -0.1) is 0 Å².